The lowest BCUT2D eigenvalue weighted by Gasteiger charge is -2.39. The molecule has 1 N–H and O–H groups in total. The van der Waals surface area contributed by atoms with E-state index in [9.17, 15) is 4.79 Å². The van der Waals surface area contributed by atoms with Crippen molar-refractivity contribution < 1.29 is 28.5 Å². The topological polar surface area (TPSA) is 81.7 Å². The van der Waals surface area contributed by atoms with Crippen LogP contribution in [0.15, 0.2) is 42.5 Å². The van der Waals surface area contributed by atoms with Crippen LogP contribution in [-0.2, 0) is 37.0 Å². The number of carbonyl (C=O) groups excluding carboxylic acids is 1. The molecule has 45 heavy (non-hydrogen) atoms. The Morgan fingerprint density at radius 3 is 2.49 bits per heavy atom. The van der Waals surface area contributed by atoms with Crippen LogP contribution in [0.5, 0.6) is 5.75 Å². The van der Waals surface area contributed by atoms with Gasteiger partial charge in [0.05, 0.1) is 37.7 Å². The monoisotopic (exact) mass is 621 g/mol. The number of hydrogen-bond donors (Lipinski definition) is 1. The summed E-state index contributed by atoms with van der Waals surface area (Å²) in [6.07, 6.45) is 6.62. The largest absolute Gasteiger partial charge is 0.490 e. The Kier molecular flexibility index (Phi) is 11.6. The van der Waals surface area contributed by atoms with Crippen LogP contribution in [0.3, 0.4) is 0 Å². The number of amides is 1. The van der Waals surface area contributed by atoms with Crippen molar-refractivity contribution in [1.82, 2.24) is 10.2 Å². The molecule has 1 amide bonds. The van der Waals surface area contributed by atoms with Crippen molar-refractivity contribution >= 4 is 11.6 Å². The Balaban J connectivity index is 1.14. The zero-order valence-electron chi connectivity index (χ0n) is 26.9. The Hall–Kier alpha value is -2.69. The first-order valence-corrected chi connectivity index (χ1v) is 17.1. The first-order valence-electron chi connectivity index (χ1n) is 17.1. The average Bonchev–Trinajstić information content (AvgIpc) is 3.92. The number of anilines is 1. The number of likely N-dealkylation sites (tertiary alicyclic amines) is 1. The van der Waals surface area contributed by atoms with E-state index in [0.717, 1.165) is 81.6 Å². The number of hydrogen-bond acceptors (Lipinski definition) is 8. The zero-order chi connectivity index (χ0) is 30.8. The molecular weight excluding hydrogens is 570 g/mol. The quantitative estimate of drug-likeness (QED) is 0.291. The van der Waals surface area contributed by atoms with Crippen LogP contribution in [0.25, 0.3) is 0 Å². The van der Waals surface area contributed by atoms with Crippen molar-refractivity contribution in [3.8, 4) is 5.75 Å². The van der Waals surface area contributed by atoms with E-state index in [-0.39, 0.29) is 30.6 Å². The van der Waals surface area contributed by atoms with Gasteiger partial charge in [-0.05, 0) is 73.3 Å². The molecule has 6 rings (SSSR count). The van der Waals surface area contributed by atoms with Crippen molar-refractivity contribution in [1.29, 1.82) is 0 Å². The molecule has 0 spiro atoms. The van der Waals surface area contributed by atoms with Crippen LogP contribution < -0.4 is 15.0 Å². The summed E-state index contributed by atoms with van der Waals surface area (Å²) in [6.45, 7) is 8.37. The highest BCUT2D eigenvalue weighted by atomic mass is 16.5. The third-order valence-electron chi connectivity index (χ3n) is 9.53. The lowest BCUT2D eigenvalue weighted by Crippen LogP contribution is -2.51. The van der Waals surface area contributed by atoms with Crippen molar-refractivity contribution in [2.24, 2.45) is 5.92 Å². The van der Waals surface area contributed by atoms with Gasteiger partial charge < -0.3 is 38.8 Å². The minimum atomic E-state index is -0.178. The highest BCUT2D eigenvalue weighted by Gasteiger charge is 2.37. The van der Waals surface area contributed by atoms with Crippen LogP contribution in [0.2, 0.25) is 0 Å². The molecule has 2 aromatic carbocycles. The summed E-state index contributed by atoms with van der Waals surface area (Å²) in [5, 5.41) is 3.53. The maximum absolute atomic E-state index is 13.0. The molecule has 0 bridgehead atoms. The van der Waals surface area contributed by atoms with Crippen LogP contribution in [0.1, 0.15) is 61.1 Å². The van der Waals surface area contributed by atoms with Crippen LogP contribution in [-0.4, -0.2) is 95.8 Å². The number of fused-ring (bicyclic) bond motifs is 1. The van der Waals surface area contributed by atoms with Crippen LogP contribution >= 0.6 is 0 Å². The molecule has 3 atom stereocenters. The van der Waals surface area contributed by atoms with Gasteiger partial charge in [0.2, 0.25) is 5.91 Å². The van der Waals surface area contributed by atoms with Gasteiger partial charge in [-0.3, -0.25) is 4.79 Å². The summed E-state index contributed by atoms with van der Waals surface area (Å²) >= 11 is 0. The fraction of sp³-hybridized carbons (Fsp3) is 0.639. The number of piperidine rings is 2. The fourth-order valence-electron chi connectivity index (χ4n) is 6.74. The van der Waals surface area contributed by atoms with E-state index in [2.05, 4.69) is 52.7 Å². The molecule has 1 saturated carbocycles. The molecule has 4 aliphatic rings. The Morgan fingerprint density at radius 1 is 0.933 bits per heavy atom. The predicted molar refractivity (Wildman–Crippen MR) is 174 cm³/mol. The molecule has 2 aromatic rings. The van der Waals surface area contributed by atoms with E-state index in [4.69, 9.17) is 23.7 Å². The standard InChI is InChI=1S/C36H51N3O6/c1-41-18-5-16-38-17-19-43-32-13-10-29(20-31(32)38)25-44-33-21-37-22-34(45-26-35(40)39-14-3-2-4-15-39)36(33)30-11-8-28(9-12-30)24-42-23-27-6-7-27/h8-13,20,27,33-34,36-37H,2-7,14-19,21-26H2,1H3/t33-,34+,36+/m0/s1. The van der Waals surface area contributed by atoms with Crippen LogP contribution in [0.4, 0.5) is 5.69 Å². The van der Waals surface area contributed by atoms with Gasteiger partial charge in [0, 0.05) is 59.0 Å². The van der Waals surface area contributed by atoms with Crippen LogP contribution in [0, 0.1) is 5.92 Å². The van der Waals surface area contributed by atoms with E-state index in [1.165, 1.54) is 30.4 Å². The highest BCUT2D eigenvalue weighted by Crippen LogP contribution is 2.35. The molecule has 246 valence electrons. The second-order valence-corrected chi connectivity index (χ2v) is 13.0. The summed E-state index contributed by atoms with van der Waals surface area (Å²) in [5.74, 6) is 1.76. The van der Waals surface area contributed by atoms with Gasteiger partial charge in [0.1, 0.15) is 19.0 Å². The van der Waals surface area contributed by atoms with Gasteiger partial charge >= 0.3 is 0 Å². The van der Waals surface area contributed by atoms with Crippen molar-refractivity contribution in [2.45, 2.75) is 69.9 Å². The molecule has 9 nitrogen and oxygen atoms in total. The van der Waals surface area contributed by atoms with E-state index in [1.807, 2.05) is 4.90 Å². The van der Waals surface area contributed by atoms with Gasteiger partial charge in [-0.25, -0.2) is 0 Å². The molecule has 0 aromatic heterocycles. The second kappa shape index (κ2) is 16.2. The van der Waals surface area contributed by atoms with Gasteiger partial charge in [-0.2, -0.15) is 0 Å². The van der Waals surface area contributed by atoms with E-state index < -0.39 is 0 Å². The lowest BCUT2D eigenvalue weighted by atomic mass is 9.85. The predicted octanol–water partition coefficient (Wildman–Crippen LogP) is 4.52. The smallest absolute Gasteiger partial charge is 0.248 e. The molecule has 0 unspecified atom stereocenters. The maximum Gasteiger partial charge on any atom is 0.248 e. The van der Waals surface area contributed by atoms with E-state index in [0.29, 0.717) is 32.9 Å². The third kappa shape index (κ3) is 8.98. The minimum absolute atomic E-state index is 0.00617. The average molecular weight is 622 g/mol. The van der Waals surface area contributed by atoms with E-state index in [1.54, 1.807) is 7.11 Å². The molecular formula is C36H51N3O6. The molecule has 3 aliphatic heterocycles. The normalized spacial score (nSPS) is 23.4. The molecule has 3 fully saturated rings. The number of ether oxygens (including phenoxy) is 5. The number of rotatable bonds is 15. The zero-order valence-corrected chi connectivity index (χ0v) is 26.9. The van der Waals surface area contributed by atoms with Gasteiger partial charge in [0.25, 0.3) is 0 Å². The highest BCUT2D eigenvalue weighted by molar-refractivity contribution is 5.77. The third-order valence-corrected chi connectivity index (χ3v) is 9.53. The molecule has 0 radical (unpaired) electrons. The van der Waals surface area contributed by atoms with Gasteiger partial charge in [-0.15, -0.1) is 0 Å². The first-order chi connectivity index (χ1) is 22.2. The van der Waals surface area contributed by atoms with Crippen molar-refractivity contribution in [2.75, 3.05) is 77.7 Å². The minimum Gasteiger partial charge on any atom is -0.490 e. The summed E-state index contributed by atoms with van der Waals surface area (Å²) in [7, 11) is 1.75. The molecule has 9 heteroatoms. The second-order valence-electron chi connectivity index (χ2n) is 13.0. The Labute approximate surface area is 268 Å². The number of methoxy groups -OCH3 is 1. The van der Waals surface area contributed by atoms with Gasteiger partial charge in [0.15, 0.2) is 0 Å². The molecule has 1 aliphatic carbocycles. The number of carbonyl (C=O) groups is 1. The Bertz CT molecular complexity index is 1220. The SMILES string of the molecule is COCCCN1CCOc2ccc(CO[C@H]3CNC[C@@H](OCC(=O)N4CCCCC4)[C@@H]3c3ccc(COCC4CC4)cc3)cc21. The number of benzene rings is 2. The summed E-state index contributed by atoms with van der Waals surface area (Å²) < 4.78 is 30.3. The maximum atomic E-state index is 13.0. The van der Waals surface area contributed by atoms with E-state index >= 15 is 0 Å². The molecule has 2 saturated heterocycles. The number of nitrogens with one attached hydrogen (secondary N) is 1. The Morgan fingerprint density at radius 2 is 1.71 bits per heavy atom. The van der Waals surface area contributed by atoms with Crippen molar-refractivity contribution in [3.05, 3.63) is 59.2 Å². The lowest BCUT2D eigenvalue weighted by molar-refractivity contribution is -0.141. The first kappa shape index (κ1) is 32.3. The van der Waals surface area contributed by atoms with Gasteiger partial charge in [-0.1, -0.05) is 30.3 Å². The summed E-state index contributed by atoms with van der Waals surface area (Å²) in [5.41, 5.74) is 4.58. The number of nitrogens with zero attached hydrogens (tertiary/aromatic N) is 2. The summed E-state index contributed by atoms with van der Waals surface area (Å²) in [4.78, 5) is 17.4. The molecule has 3 heterocycles. The summed E-state index contributed by atoms with van der Waals surface area (Å²) in [6, 6.07) is 15.1. The fourth-order valence-corrected chi connectivity index (χ4v) is 6.74. The van der Waals surface area contributed by atoms with Crippen molar-refractivity contribution in [3.63, 3.8) is 0 Å².